The number of methoxy groups -OCH3 is 1. The zero-order valence-corrected chi connectivity index (χ0v) is 44.6. The summed E-state index contributed by atoms with van der Waals surface area (Å²) in [6.45, 7) is 6.46. The molecule has 6 aliphatic heterocycles. The van der Waals surface area contributed by atoms with Crippen molar-refractivity contribution >= 4 is 23.6 Å². The second-order valence-corrected chi connectivity index (χ2v) is 21.4. The highest BCUT2D eigenvalue weighted by molar-refractivity contribution is 5.77. The van der Waals surface area contributed by atoms with E-state index >= 15 is 0 Å². The number of fused-ring (bicyclic) bond motifs is 2. The fourth-order valence-electron chi connectivity index (χ4n) is 12.1. The molecule has 0 saturated carbocycles. The highest BCUT2D eigenvalue weighted by Gasteiger charge is 2.39. The molecular formula is C59H78F2N6O10. The number of unbranched alkanes of at least 4 members (excludes halogenated alkanes) is 2. The molecule has 8 heterocycles. The number of anilines is 2. The van der Waals surface area contributed by atoms with Crippen LogP contribution in [0.2, 0.25) is 0 Å². The summed E-state index contributed by atoms with van der Waals surface area (Å²) in [4.78, 5) is 49.2. The fraction of sp³-hybridized carbons (Fsp3) is 0.593. The van der Waals surface area contributed by atoms with Crippen LogP contribution in [0, 0.1) is 11.6 Å². The quantitative estimate of drug-likeness (QED) is 0.0495. The molecule has 6 aliphatic rings. The Balaban J connectivity index is 0.000000188. The Labute approximate surface area is 450 Å². The van der Waals surface area contributed by atoms with Crippen LogP contribution in [0.5, 0.6) is 5.75 Å². The molecule has 0 aliphatic carbocycles. The van der Waals surface area contributed by atoms with Gasteiger partial charge in [-0.3, -0.25) is 24.2 Å². The first-order valence-electron chi connectivity index (χ1n) is 28.3. The number of carbonyl (C=O) groups is 2. The zero-order valence-electron chi connectivity index (χ0n) is 44.6. The molecule has 2 aromatic carbocycles. The van der Waals surface area contributed by atoms with Gasteiger partial charge in [-0.15, -0.1) is 0 Å². The number of carboxylic acids is 2. The minimum absolute atomic E-state index is 0.0408. The summed E-state index contributed by atoms with van der Waals surface area (Å²) in [5.41, 5.74) is 6.62. The number of carboxylic acid groups (broad SMARTS) is 2. The van der Waals surface area contributed by atoms with Crippen molar-refractivity contribution in [3.05, 3.63) is 115 Å². The second-order valence-electron chi connectivity index (χ2n) is 21.4. The first-order chi connectivity index (χ1) is 37.5. The lowest BCUT2D eigenvalue weighted by Gasteiger charge is -2.30. The van der Waals surface area contributed by atoms with Crippen molar-refractivity contribution in [1.82, 2.24) is 19.8 Å². The molecule has 0 radical (unpaired) electrons. The van der Waals surface area contributed by atoms with Gasteiger partial charge >= 0.3 is 11.9 Å². The molecule has 0 amide bonds. The average molecular weight is 1070 g/mol. The molecule has 18 heteroatoms. The number of benzene rings is 2. The SMILES string of the molecule is COc1cc(CCCCO[C@@H]2CCN([C@H](C(=O)O)c3cc(F)ccc3[C@H]3CCCCO3)C2)nc2c1CCCN2.O=C(O)[C@@H](c1cc(F)ccc1[C@H]1CCCCO1)N1CC[C@@H](OCCCCc2cc(=O)c3c([nH]2)NCCC3)C1. The molecule has 0 bridgehead atoms. The van der Waals surface area contributed by atoms with Crippen LogP contribution in [-0.4, -0.2) is 127 Å². The third-order valence-corrected chi connectivity index (χ3v) is 16.0. The highest BCUT2D eigenvalue weighted by atomic mass is 19.1. The summed E-state index contributed by atoms with van der Waals surface area (Å²) in [5.74, 6) is -0.0944. The summed E-state index contributed by atoms with van der Waals surface area (Å²) in [6.07, 6.45) is 15.7. The van der Waals surface area contributed by atoms with Crippen molar-refractivity contribution in [2.24, 2.45) is 0 Å². The molecule has 5 N–H and O–H groups in total. The van der Waals surface area contributed by atoms with Crippen molar-refractivity contribution in [2.45, 2.75) is 152 Å². The van der Waals surface area contributed by atoms with Crippen LogP contribution in [0.3, 0.4) is 0 Å². The van der Waals surface area contributed by atoms with Gasteiger partial charge in [-0.2, -0.15) is 0 Å². The lowest BCUT2D eigenvalue weighted by molar-refractivity contribution is -0.144. The summed E-state index contributed by atoms with van der Waals surface area (Å²) < 4.78 is 58.3. The van der Waals surface area contributed by atoms with Gasteiger partial charge in [0.2, 0.25) is 0 Å². The van der Waals surface area contributed by atoms with E-state index in [4.69, 9.17) is 28.7 Å². The third-order valence-electron chi connectivity index (χ3n) is 16.0. The van der Waals surface area contributed by atoms with Gasteiger partial charge in [0.1, 0.15) is 41.1 Å². The monoisotopic (exact) mass is 1070 g/mol. The molecule has 16 nitrogen and oxygen atoms in total. The van der Waals surface area contributed by atoms with Gasteiger partial charge < -0.3 is 49.5 Å². The molecule has 4 fully saturated rings. The van der Waals surface area contributed by atoms with E-state index in [2.05, 4.69) is 15.6 Å². The Hall–Kier alpha value is -5.50. The normalized spacial score (nSPS) is 22.4. The van der Waals surface area contributed by atoms with Crippen molar-refractivity contribution in [2.75, 3.05) is 83.4 Å². The number of hydrogen-bond donors (Lipinski definition) is 5. The summed E-state index contributed by atoms with van der Waals surface area (Å²) >= 11 is 0. The van der Waals surface area contributed by atoms with E-state index in [1.165, 1.54) is 24.3 Å². The number of H-pyrrole nitrogens is 1. The van der Waals surface area contributed by atoms with Gasteiger partial charge in [0.25, 0.3) is 0 Å². The Kier molecular flexibility index (Phi) is 20.0. The lowest BCUT2D eigenvalue weighted by atomic mass is 9.92. The lowest BCUT2D eigenvalue weighted by Crippen LogP contribution is -2.34. The van der Waals surface area contributed by atoms with E-state index in [0.29, 0.717) is 63.7 Å². The van der Waals surface area contributed by atoms with E-state index < -0.39 is 35.7 Å². The maximum Gasteiger partial charge on any atom is 0.325 e. The minimum atomic E-state index is -0.984. The van der Waals surface area contributed by atoms with E-state index in [0.717, 1.165) is 180 Å². The van der Waals surface area contributed by atoms with Gasteiger partial charge in [-0.25, -0.2) is 13.8 Å². The maximum atomic E-state index is 14.3. The molecule has 6 atom stereocenters. The zero-order chi connectivity index (χ0) is 53.7. The number of likely N-dealkylation sites (tertiary alicyclic amines) is 2. The third kappa shape index (κ3) is 14.6. The van der Waals surface area contributed by atoms with Crippen LogP contribution < -0.4 is 20.8 Å². The Morgan fingerprint density at radius 2 is 1.26 bits per heavy atom. The summed E-state index contributed by atoms with van der Waals surface area (Å²) in [6, 6.07) is 10.8. The number of aliphatic carboxylic acids is 2. The molecule has 418 valence electrons. The van der Waals surface area contributed by atoms with Crippen molar-refractivity contribution < 1.29 is 52.3 Å². The first-order valence-corrected chi connectivity index (χ1v) is 28.3. The van der Waals surface area contributed by atoms with E-state index in [-0.39, 0.29) is 29.8 Å². The smallest absolute Gasteiger partial charge is 0.325 e. The second kappa shape index (κ2) is 27.4. The van der Waals surface area contributed by atoms with E-state index in [9.17, 15) is 33.4 Å². The number of hydrogen-bond acceptors (Lipinski definition) is 13. The van der Waals surface area contributed by atoms with Crippen LogP contribution in [0.1, 0.15) is 159 Å². The van der Waals surface area contributed by atoms with Crippen molar-refractivity contribution in [3.8, 4) is 5.75 Å². The predicted molar refractivity (Wildman–Crippen MR) is 288 cm³/mol. The maximum absolute atomic E-state index is 14.3. The number of aromatic amines is 1. The Bertz CT molecular complexity index is 2660. The molecule has 4 saturated heterocycles. The number of nitrogens with zero attached hydrogens (tertiary/aromatic N) is 3. The average Bonchev–Trinajstić information content (AvgIpc) is 4.11. The van der Waals surface area contributed by atoms with Gasteiger partial charge in [-0.1, -0.05) is 12.1 Å². The number of rotatable bonds is 21. The highest BCUT2D eigenvalue weighted by Crippen LogP contribution is 2.39. The van der Waals surface area contributed by atoms with Crippen LogP contribution in [0.15, 0.2) is 53.3 Å². The minimum Gasteiger partial charge on any atom is -0.496 e. The molecule has 2 aromatic heterocycles. The predicted octanol–water partition coefficient (Wildman–Crippen LogP) is 9.42. The molecule has 0 spiro atoms. The van der Waals surface area contributed by atoms with Crippen LogP contribution in [-0.2, 0) is 54.2 Å². The molecule has 10 rings (SSSR count). The largest absolute Gasteiger partial charge is 0.496 e. The Morgan fingerprint density at radius 1 is 0.701 bits per heavy atom. The number of halogens is 2. The Morgan fingerprint density at radius 3 is 1.81 bits per heavy atom. The molecule has 0 unspecified atom stereocenters. The van der Waals surface area contributed by atoms with Gasteiger partial charge in [0, 0.05) is 100 Å². The number of nitrogens with one attached hydrogen (secondary N) is 3. The molecule has 4 aromatic rings. The van der Waals surface area contributed by atoms with Crippen LogP contribution >= 0.6 is 0 Å². The molecular weight excluding hydrogens is 991 g/mol. The number of ether oxygens (including phenoxy) is 5. The van der Waals surface area contributed by atoms with Crippen molar-refractivity contribution in [3.63, 3.8) is 0 Å². The number of pyridine rings is 2. The van der Waals surface area contributed by atoms with Gasteiger partial charge in [0.05, 0.1) is 31.5 Å². The first kappa shape index (κ1) is 56.2. The fourth-order valence-corrected chi connectivity index (χ4v) is 12.1. The summed E-state index contributed by atoms with van der Waals surface area (Å²) in [7, 11) is 1.71. The van der Waals surface area contributed by atoms with Crippen LogP contribution in [0.25, 0.3) is 0 Å². The number of aromatic nitrogens is 2. The van der Waals surface area contributed by atoms with Crippen LogP contribution in [0.4, 0.5) is 20.4 Å². The van der Waals surface area contributed by atoms with Crippen molar-refractivity contribution in [1.29, 1.82) is 0 Å². The number of aryl methyl sites for hydroxylation is 2. The van der Waals surface area contributed by atoms with Gasteiger partial charge in [-0.05, 0) is 162 Å². The topological polar surface area (TPSA) is 197 Å². The molecule has 77 heavy (non-hydrogen) atoms. The van der Waals surface area contributed by atoms with E-state index in [1.807, 2.05) is 15.9 Å². The van der Waals surface area contributed by atoms with Gasteiger partial charge in [0.15, 0.2) is 5.43 Å². The standard InChI is InChI=1S/C30H40FN3O5.C29H38FN3O5/c1-37-27-18-21(33-29-24(27)8-6-13-32-29)7-2-4-15-38-22-12-14-34(19-22)28(30(35)36)25-17-20(31)10-11-23(25)26-9-3-5-16-39-26;30-19-9-10-22(26-8-2-4-15-38-26)24(16-19)27(29(35)36)33-13-11-21(18-33)37-14-3-1-6-20-17-25(34)23-7-5-12-31-28(23)32-20/h10-11,17-18,22,26,28H,2-9,12-16,19H2,1H3,(H,32,33)(H,35,36);9-10,16-17,21,26-27H,1-8,11-15,18H2,(H,35,36)(H2,31,32,34)/t22-,26-,28+;21-,26-,27-/m11/s1. The van der Waals surface area contributed by atoms with E-state index in [1.54, 1.807) is 25.3 Å². The summed E-state index contributed by atoms with van der Waals surface area (Å²) in [5, 5.41) is 27.0.